The van der Waals surface area contributed by atoms with Crippen LogP contribution in [0.2, 0.25) is 0 Å². The molecule has 15 heteroatoms. The predicted molar refractivity (Wildman–Crippen MR) is 142 cm³/mol. The molecule has 1 heterocycles. The van der Waals surface area contributed by atoms with Gasteiger partial charge in [0.15, 0.2) is 0 Å². The second-order valence-electron chi connectivity index (χ2n) is 11.0. The van der Waals surface area contributed by atoms with Crippen molar-refractivity contribution in [2.24, 2.45) is 5.92 Å². The quantitative estimate of drug-likeness (QED) is 0.244. The van der Waals surface area contributed by atoms with Gasteiger partial charge >= 0.3 is 12.3 Å². The SMILES string of the molecule is COC(=O)N[C@@H](Cc1ccccc1)C(=O)N1CC[C@@H](C(F)(F)F)C[C@H]1C(=O)N[C@@H](CCC(C)(F)F)C(=O)C(=O)NC1CC1. The number of hydrogen-bond donors (Lipinski definition) is 3. The van der Waals surface area contributed by atoms with E-state index >= 15 is 0 Å². The summed E-state index contributed by atoms with van der Waals surface area (Å²) < 4.78 is 73.2. The largest absolute Gasteiger partial charge is 0.453 e. The monoisotopic (exact) mass is 618 g/mol. The van der Waals surface area contributed by atoms with E-state index in [1.54, 1.807) is 30.3 Å². The molecule has 1 aromatic carbocycles. The third-order valence-electron chi connectivity index (χ3n) is 7.35. The van der Waals surface area contributed by atoms with Crippen molar-refractivity contribution < 1.29 is 50.7 Å². The van der Waals surface area contributed by atoms with E-state index in [0.29, 0.717) is 25.3 Å². The molecule has 4 amide bonds. The number of carbonyl (C=O) groups excluding carboxylic acids is 5. The number of alkyl halides is 5. The number of nitrogens with zero attached hydrogens (tertiary/aromatic N) is 1. The van der Waals surface area contributed by atoms with E-state index in [2.05, 4.69) is 20.7 Å². The molecule has 1 aromatic rings. The van der Waals surface area contributed by atoms with Gasteiger partial charge in [0.1, 0.15) is 12.1 Å². The fraction of sp³-hybridized carbons (Fsp3) is 0.607. The number of amides is 4. The Labute approximate surface area is 245 Å². The molecule has 0 aromatic heterocycles. The molecule has 238 valence electrons. The number of hydrogen-bond acceptors (Lipinski definition) is 6. The normalized spacial score (nSPS) is 20.4. The summed E-state index contributed by atoms with van der Waals surface area (Å²) >= 11 is 0. The first-order chi connectivity index (χ1) is 20.1. The number of rotatable bonds is 12. The van der Waals surface area contributed by atoms with Gasteiger partial charge in [0.05, 0.1) is 19.1 Å². The molecule has 1 saturated carbocycles. The number of piperidine rings is 1. The zero-order chi connectivity index (χ0) is 31.9. The van der Waals surface area contributed by atoms with Gasteiger partial charge in [-0.1, -0.05) is 30.3 Å². The van der Waals surface area contributed by atoms with Gasteiger partial charge in [0, 0.05) is 25.4 Å². The highest BCUT2D eigenvalue weighted by Crippen LogP contribution is 2.37. The van der Waals surface area contributed by atoms with Gasteiger partial charge in [-0.3, -0.25) is 19.2 Å². The molecule has 4 atom stereocenters. The fourth-order valence-corrected chi connectivity index (χ4v) is 4.80. The maximum atomic E-state index is 13.7. The number of likely N-dealkylation sites (tertiary alicyclic amines) is 1. The summed E-state index contributed by atoms with van der Waals surface area (Å²) in [5.74, 6) is -9.68. The van der Waals surface area contributed by atoms with E-state index in [1.165, 1.54) is 0 Å². The molecule has 0 bridgehead atoms. The molecule has 2 aliphatic rings. The third kappa shape index (κ3) is 10.2. The Morgan fingerprint density at radius 3 is 2.19 bits per heavy atom. The molecule has 1 aliphatic carbocycles. The number of halogens is 5. The van der Waals surface area contributed by atoms with Gasteiger partial charge in [-0.25, -0.2) is 13.6 Å². The lowest BCUT2D eigenvalue weighted by atomic mass is 9.88. The summed E-state index contributed by atoms with van der Waals surface area (Å²) in [6.07, 6.45) is -7.55. The van der Waals surface area contributed by atoms with E-state index < -0.39 is 98.0 Å². The Bertz CT molecular complexity index is 1170. The lowest BCUT2D eigenvalue weighted by Gasteiger charge is -2.41. The average molecular weight is 619 g/mol. The summed E-state index contributed by atoms with van der Waals surface area (Å²) in [4.78, 5) is 65.4. The van der Waals surface area contributed by atoms with Crippen molar-refractivity contribution >= 4 is 29.6 Å². The summed E-state index contributed by atoms with van der Waals surface area (Å²) in [5.41, 5.74) is 0.594. The van der Waals surface area contributed by atoms with Gasteiger partial charge < -0.3 is 25.6 Å². The van der Waals surface area contributed by atoms with Gasteiger partial charge in [-0.2, -0.15) is 13.2 Å². The average Bonchev–Trinajstić information content (AvgIpc) is 3.77. The topological polar surface area (TPSA) is 134 Å². The van der Waals surface area contributed by atoms with Crippen LogP contribution in [-0.4, -0.2) is 84.4 Å². The van der Waals surface area contributed by atoms with Gasteiger partial charge in [-0.15, -0.1) is 0 Å². The van der Waals surface area contributed by atoms with E-state index in [4.69, 9.17) is 0 Å². The third-order valence-corrected chi connectivity index (χ3v) is 7.35. The lowest BCUT2D eigenvalue weighted by molar-refractivity contribution is -0.192. The molecule has 0 unspecified atom stereocenters. The number of ketones is 1. The Hall–Kier alpha value is -3.78. The number of carbonyl (C=O) groups is 5. The highest BCUT2D eigenvalue weighted by Gasteiger charge is 2.49. The maximum absolute atomic E-state index is 13.7. The van der Waals surface area contributed by atoms with Crippen molar-refractivity contribution in [3.05, 3.63) is 35.9 Å². The molecule has 0 radical (unpaired) electrons. The molecular formula is C28H35F5N4O6. The van der Waals surface area contributed by atoms with Crippen LogP contribution in [-0.2, 0) is 30.3 Å². The van der Waals surface area contributed by atoms with Crippen LogP contribution >= 0.6 is 0 Å². The van der Waals surface area contributed by atoms with Gasteiger partial charge in [-0.05, 0) is 44.6 Å². The smallest absolute Gasteiger partial charge is 0.407 e. The minimum absolute atomic E-state index is 0.0870. The van der Waals surface area contributed by atoms with Crippen molar-refractivity contribution in [3.63, 3.8) is 0 Å². The van der Waals surface area contributed by atoms with Crippen LogP contribution in [0.25, 0.3) is 0 Å². The van der Waals surface area contributed by atoms with Crippen LogP contribution < -0.4 is 16.0 Å². The molecular weight excluding hydrogens is 583 g/mol. The van der Waals surface area contributed by atoms with Crippen molar-refractivity contribution in [1.82, 2.24) is 20.9 Å². The molecule has 3 rings (SSSR count). The van der Waals surface area contributed by atoms with Crippen molar-refractivity contribution in [2.75, 3.05) is 13.7 Å². The Kier molecular flexibility index (Phi) is 11.1. The standard InChI is InChI=1S/C28H35F5N4O6/c1-27(29,30)12-10-19(22(38)24(40)34-18-8-9-18)35-23(39)21-15-17(28(31,32)33)11-13-37(21)25(41)20(36-26(42)43-2)14-16-6-4-3-5-7-16/h3-7,17-21H,8-15H2,1-2H3,(H,34,40)(H,35,39)(H,36,42)/t17-,19+,20+,21+/m1/s1. The highest BCUT2D eigenvalue weighted by atomic mass is 19.4. The molecule has 1 aliphatic heterocycles. The van der Waals surface area contributed by atoms with Crippen LogP contribution in [0.15, 0.2) is 30.3 Å². The lowest BCUT2D eigenvalue weighted by Crippen LogP contribution is -2.61. The first kappa shape index (κ1) is 33.7. The Morgan fingerprint density at radius 1 is 0.977 bits per heavy atom. The van der Waals surface area contributed by atoms with Crippen LogP contribution in [0.4, 0.5) is 26.7 Å². The predicted octanol–water partition coefficient (Wildman–Crippen LogP) is 2.89. The number of methoxy groups -OCH3 is 1. The second-order valence-corrected chi connectivity index (χ2v) is 11.0. The molecule has 0 spiro atoms. The van der Waals surface area contributed by atoms with Crippen LogP contribution in [0.3, 0.4) is 0 Å². The number of Topliss-reactive ketones (excluding diaryl/α,β-unsaturated/α-hetero) is 1. The number of nitrogens with one attached hydrogen (secondary N) is 3. The first-order valence-electron chi connectivity index (χ1n) is 13.9. The zero-order valence-corrected chi connectivity index (χ0v) is 23.7. The molecule has 3 N–H and O–H groups in total. The number of alkyl carbamates (subject to hydrolysis) is 1. The minimum Gasteiger partial charge on any atom is -0.453 e. The molecule has 1 saturated heterocycles. The van der Waals surface area contributed by atoms with Gasteiger partial charge in [0.2, 0.25) is 23.5 Å². The summed E-state index contributed by atoms with van der Waals surface area (Å²) in [6, 6.07) is 3.23. The van der Waals surface area contributed by atoms with E-state index in [0.717, 1.165) is 12.0 Å². The summed E-state index contributed by atoms with van der Waals surface area (Å²) in [5, 5.41) is 6.93. The molecule has 2 fully saturated rings. The van der Waals surface area contributed by atoms with E-state index in [1.807, 2.05) is 0 Å². The minimum atomic E-state index is -4.72. The van der Waals surface area contributed by atoms with Crippen LogP contribution in [0, 0.1) is 5.92 Å². The van der Waals surface area contributed by atoms with Crippen molar-refractivity contribution in [3.8, 4) is 0 Å². The molecule has 43 heavy (non-hydrogen) atoms. The second kappa shape index (κ2) is 14.1. The first-order valence-corrected chi connectivity index (χ1v) is 13.9. The Balaban J connectivity index is 1.89. The fourth-order valence-electron chi connectivity index (χ4n) is 4.80. The van der Waals surface area contributed by atoms with E-state index in [-0.39, 0.29) is 12.5 Å². The summed E-state index contributed by atoms with van der Waals surface area (Å²) in [7, 11) is 1.06. The van der Waals surface area contributed by atoms with Crippen LogP contribution in [0.5, 0.6) is 0 Å². The number of ether oxygens (including phenoxy) is 1. The zero-order valence-electron chi connectivity index (χ0n) is 23.7. The maximum Gasteiger partial charge on any atom is 0.407 e. The molecule has 10 nitrogen and oxygen atoms in total. The van der Waals surface area contributed by atoms with Crippen molar-refractivity contribution in [2.45, 2.75) is 88.1 Å². The van der Waals surface area contributed by atoms with Crippen LogP contribution in [0.1, 0.15) is 51.0 Å². The highest BCUT2D eigenvalue weighted by molar-refractivity contribution is 6.38. The Morgan fingerprint density at radius 2 is 1.63 bits per heavy atom. The van der Waals surface area contributed by atoms with Gasteiger partial charge in [0.25, 0.3) is 5.91 Å². The summed E-state index contributed by atoms with van der Waals surface area (Å²) in [6.45, 7) is 0.0559. The van der Waals surface area contributed by atoms with E-state index in [9.17, 15) is 45.9 Å². The number of benzene rings is 1. The van der Waals surface area contributed by atoms with Crippen molar-refractivity contribution in [1.29, 1.82) is 0 Å².